The zero-order valence-electron chi connectivity index (χ0n) is 9.74. The van der Waals surface area contributed by atoms with Crippen molar-refractivity contribution in [2.45, 2.75) is 13.5 Å². The molecule has 1 aromatic heterocycles. The third-order valence-electron chi connectivity index (χ3n) is 2.35. The molecule has 0 saturated heterocycles. The number of rotatable bonds is 4. The van der Waals surface area contributed by atoms with Gasteiger partial charge < -0.3 is 15.5 Å². The van der Waals surface area contributed by atoms with Gasteiger partial charge >= 0.3 is 0 Å². The van der Waals surface area contributed by atoms with Crippen molar-refractivity contribution in [2.75, 3.05) is 5.32 Å². The van der Waals surface area contributed by atoms with Gasteiger partial charge in [0, 0.05) is 16.3 Å². The Morgan fingerprint density at radius 1 is 1.56 bits per heavy atom. The predicted molar refractivity (Wildman–Crippen MR) is 75.9 cm³/mol. The van der Waals surface area contributed by atoms with Crippen LogP contribution in [0.25, 0.3) is 0 Å². The minimum absolute atomic E-state index is 0.317. The highest BCUT2D eigenvalue weighted by Gasteiger charge is 2.07. The molecule has 0 aliphatic heterocycles. The Labute approximate surface area is 115 Å². The van der Waals surface area contributed by atoms with E-state index in [0.717, 1.165) is 17.0 Å². The Bertz CT molecular complexity index is 582. The van der Waals surface area contributed by atoms with Gasteiger partial charge in [0.15, 0.2) is 0 Å². The number of nitrogens with two attached hydrogens (primary N) is 1. The maximum atomic E-state index is 5.94. The second-order valence-corrected chi connectivity index (χ2v) is 4.65. The van der Waals surface area contributed by atoms with E-state index >= 15 is 0 Å². The van der Waals surface area contributed by atoms with Crippen molar-refractivity contribution in [3.8, 4) is 0 Å². The maximum Gasteiger partial charge on any atom is 0.213 e. The molecular formula is C12H12ClN3OS. The highest BCUT2D eigenvalue weighted by atomic mass is 35.5. The Morgan fingerprint density at radius 2 is 2.33 bits per heavy atom. The Kier molecular flexibility index (Phi) is 3.84. The molecule has 0 radical (unpaired) electrons. The van der Waals surface area contributed by atoms with E-state index in [1.54, 1.807) is 24.4 Å². The summed E-state index contributed by atoms with van der Waals surface area (Å²) >= 11 is 10.9. The third-order valence-corrected chi connectivity index (χ3v) is 2.80. The summed E-state index contributed by atoms with van der Waals surface area (Å²) in [6, 6.07) is 5.30. The number of anilines is 1. The van der Waals surface area contributed by atoms with Gasteiger partial charge in [-0.25, -0.2) is 4.98 Å². The first kappa shape index (κ1) is 12.9. The number of oxazole rings is 1. The van der Waals surface area contributed by atoms with Gasteiger partial charge in [0.1, 0.15) is 10.7 Å². The first-order chi connectivity index (χ1) is 8.56. The highest BCUT2D eigenvalue weighted by Crippen LogP contribution is 2.21. The lowest BCUT2D eigenvalue weighted by Crippen LogP contribution is -2.13. The Balaban J connectivity index is 2.17. The summed E-state index contributed by atoms with van der Waals surface area (Å²) in [7, 11) is 0. The molecule has 4 nitrogen and oxygen atoms in total. The highest BCUT2D eigenvalue weighted by molar-refractivity contribution is 7.80. The van der Waals surface area contributed by atoms with Gasteiger partial charge in [-0.15, -0.1) is 0 Å². The van der Waals surface area contributed by atoms with Crippen LogP contribution in [-0.2, 0) is 6.54 Å². The van der Waals surface area contributed by atoms with E-state index in [1.165, 1.54) is 0 Å². The first-order valence-electron chi connectivity index (χ1n) is 5.31. The fourth-order valence-corrected chi connectivity index (χ4v) is 1.88. The van der Waals surface area contributed by atoms with Crippen molar-refractivity contribution in [1.29, 1.82) is 0 Å². The number of nitrogens with one attached hydrogen (secondary N) is 1. The first-order valence-corrected chi connectivity index (χ1v) is 6.09. The van der Waals surface area contributed by atoms with Gasteiger partial charge in [-0.2, -0.15) is 0 Å². The summed E-state index contributed by atoms with van der Waals surface area (Å²) in [5.74, 6) is 1.37. The number of benzene rings is 1. The van der Waals surface area contributed by atoms with Crippen LogP contribution < -0.4 is 11.1 Å². The molecule has 2 aromatic rings. The van der Waals surface area contributed by atoms with Gasteiger partial charge in [0.25, 0.3) is 0 Å². The lowest BCUT2D eigenvalue weighted by molar-refractivity contribution is 0.479. The van der Waals surface area contributed by atoms with E-state index in [4.69, 9.17) is 34.0 Å². The summed E-state index contributed by atoms with van der Waals surface area (Å²) in [5.41, 5.74) is 7.16. The van der Waals surface area contributed by atoms with E-state index < -0.39 is 0 Å². The summed E-state index contributed by atoms with van der Waals surface area (Å²) in [6.45, 7) is 2.29. The second-order valence-electron chi connectivity index (χ2n) is 3.77. The number of hydrogen-bond donors (Lipinski definition) is 2. The normalized spacial score (nSPS) is 10.3. The van der Waals surface area contributed by atoms with Crippen molar-refractivity contribution in [3.63, 3.8) is 0 Å². The third kappa shape index (κ3) is 3.00. The van der Waals surface area contributed by atoms with Crippen molar-refractivity contribution >= 4 is 34.5 Å². The molecule has 0 atom stereocenters. The second kappa shape index (κ2) is 5.37. The average Bonchev–Trinajstić information content (AvgIpc) is 2.72. The molecular weight excluding hydrogens is 270 g/mol. The summed E-state index contributed by atoms with van der Waals surface area (Å²) < 4.78 is 5.37. The van der Waals surface area contributed by atoms with Crippen LogP contribution in [0.5, 0.6) is 0 Å². The SMILES string of the molecule is Cc1cnc(CNc2cc(Cl)ccc2C(N)=S)o1. The van der Waals surface area contributed by atoms with E-state index in [0.29, 0.717) is 22.4 Å². The van der Waals surface area contributed by atoms with Crippen LogP contribution in [-0.4, -0.2) is 9.97 Å². The van der Waals surface area contributed by atoms with Crippen LogP contribution in [0.3, 0.4) is 0 Å². The smallest absolute Gasteiger partial charge is 0.213 e. The summed E-state index contributed by atoms with van der Waals surface area (Å²) in [4.78, 5) is 4.42. The number of thiocarbonyl (C=S) groups is 1. The topological polar surface area (TPSA) is 64.1 Å². The average molecular weight is 282 g/mol. The number of halogens is 1. The summed E-state index contributed by atoms with van der Waals surface area (Å²) in [6.07, 6.45) is 1.67. The van der Waals surface area contributed by atoms with Crippen LogP contribution in [0.1, 0.15) is 17.2 Å². The Morgan fingerprint density at radius 3 is 2.94 bits per heavy atom. The molecule has 0 amide bonds. The largest absolute Gasteiger partial charge is 0.444 e. The van der Waals surface area contributed by atoms with Gasteiger partial charge in [-0.1, -0.05) is 23.8 Å². The quantitative estimate of drug-likeness (QED) is 0.844. The standard InChI is InChI=1S/C12H12ClN3OS/c1-7-5-16-11(17-7)6-15-10-4-8(13)2-3-9(10)12(14)18/h2-5,15H,6H2,1H3,(H2,14,18). The molecule has 18 heavy (non-hydrogen) atoms. The van der Waals surface area contributed by atoms with Crippen LogP contribution >= 0.6 is 23.8 Å². The van der Waals surface area contributed by atoms with E-state index in [1.807, 2.05) is 6.92 Å². The number of hydrogen-bond acceptors (Lipinski definition) is 4. The van der Waals surface area contributed by atoms with Crippen molar-refractivity contribution in [2.24, 2.45) is 5.73 Å². The van der Waals surface area contributed by atoms with Crippen molar-refractivity contribution in [1.82, 2.24) is 4.98 Å². The molecule has 0 aliphatic rings. The molecule has 0 bridgehead atoms. The number of aryl methyl sites for hydroxylation is 1. The van der Waals surface area contributed by atoms with E-state index in [2.05, 4.69) is 10.3 Å². The lowest BCUT2D eigenvalue weighted by atomic mass is 10.2. The van der Waals surface area contributed by atoms with Gasteiger partial charge in [-0.05, 0) is 25.1 Å². The minimum Gasteiger partial charge on any atom is -0.444 e. The fraction of sp³-hybridized carbons (Fsp3) is 0.167. The Hall–Kier alpha value is -1.59. The molecule has 0 saturated carbocycles. The lowest BCUT2D eigenvalue weighted by Gasteiger charge is -2.10. The van der Waals surface area contributed by atoms with E-state index in [-0.39, 0.29) is 0 Å². The van der Waals surface area contributed by atoms with Crippen LogP contribution in [0.15, 0.2) is 28.8 Å². The van der Waals surface area contributed by atoms with Crippen molar-refractivity contribution in [3.05, 3.63) is 46.6 Å². The van der Waals surface area contributed by atoms with E-state index in [9.17, 15) is 0 Å². The molecule has 0 fully saturated rings. The van der Waals surface area contributed by atoms with Crippen LogP contribution in [0.4, 0.5) is 5.69 Å². The molecule has 94 valence electrons. The minimum atomic E-state index is 0.317. The molecule has 0 aliphatic carbocycles. The van der Waals surface area contributed by atoms with Crippen molar-refractivity contribution < 1.29 is 4.42 Å². The predicted octanol–water partition coefficient (Wildman–Crippen LogP) is 2.88. The molecule has 1 aromatic carbocycles. The van der Waals surface area contributed by atoms with Crippen LogP contribution in [0.2, 0.25) is 5.02 Å². The molecule has 2 rings (SSSR count). The van der Waals surface area contributed by atoms with Crippen LogP contribution in [0, 0.1) is 6.92 Å². The monoisotopic (exact) mass is 281 g/mol. The van der Waals surface area contributed by atoms with Gasteiger partial charge in [-0.3, -0.25) is 0 Å². The number of nitrogens with zero attached hydrogens (tertiary/aromatic N) is 1. The fourth-order valence-electron chi connectivity index (χ4n) is 1.53. The number of aromatic nitrogens is 1. The maximum absolute atomic E-state index is 5.94. The molecule has 1 heterocycles. The van der Waals surface area contributed by atoms with Gasteiger partial charge in [0.05, 0.1) is 12.7 Å². The molecule has 6 heteroatoms. The zero-order valence-corrected chi connectivity index (χ0v) is 11.3. The molecule has 0 spiro atoms. The molecule has 3 N–H and O–H groups in total. The summed E-state index contributed by atoms with van der Waals surface area (Å²) in [5, 5.41) is 3.77. The zero-order chi connectivity index (χ0) is 13.1. The van der Waals surface area contributed by atoms with Gasteiger partial charge in [0.2, 0.25) is 5.89 Å². The molecule has 0 unspecified atom stereocenters.